The van der Waals surface area contributed by atoms with Crippen LogP contribution >= 0.6 is 22.6 Å². The first-order chi connectivity index (χ1) is 5.74. The van der Waals surface area contributed by atoms with Gasteiger partial charge in [0.15, 0.2) is 0 Å². The van der Waals surface area contributed by atoms with Gasteiger partial charge in [0.2, 0.25) is 0 Å². The van der Waals surface area contributed by atoms with E-state index in [4.69, 9.17) is 6.42 Å². The van der Waals surface area contributed by atoms with Gasteiger partial charge in [0.1, 0.15) is 5.69 Å². The molecule has 1 heterocycles. The van der Waals surface area contributed by atoms with E-state index in [1.165, 1.54) is 0 Å². The number of nitrogens with one attached hydrogen (secondary N) is 2. The van der Waals surface area contributed by atoms with Crippen molar-refractivity contribution in [1.82, 2.24) is 10.3 Å². The third-order valence-electron chi connectivity index (χ3n) is 1.24. The fourth-order valence-corrected chi connectivity index (χ4v) is 1.19. The summed E-state index contributed by atoms with van der Waals surface area (Å²) in [6.45, 7) is 0.258. The van der Waals surface area contributed by atoms with E-state index in [9.17, 15) is 4.79 Å². The maximum Gasteiger partial charge on any atom is 0.268 e. The third-order valence-corrected chi connectivity index (χ3v) is 1.87. The van der Waals surface area contributed by atoms with Gasteiger partial charge in [-0.3, -0.25) is 4.79 Å². The normalized spacial score (nSPS) is 9.00. The summed E-state index contributed by atoms with van der Waals surface area (Å²) in [6, 6.07) is 1.76. The lowest BCUT2D eigenvalue weighted by atomic mass is 10.4. The van der Waals surface area contributed by atoms with Gasteiger partial charge in [0.05, 0.1) is 6.54 Å². The van der Waals surface area contributed by atoms with Crippen molar-refractivity contribution in [2.45, 2.75) is 0 Å². The second kappa shape index (κ2) is 4.16. The average molecular weight is 274 g/mol. The Labute approximate surface area is 84.1 Å². The molecule has 12 heavy (non-hydrogen) atoms. The molecule has 1 aromatic rings. The van der Waals surface area contributed by atoms with Crippen LogP contribution in [0.3, 0.4) is 0 Å². The quantitative estimate of drug-likeness (QED) is 0.613. The molecule has 1 rings (SSSR count). The van der Waals surface area contributed by atoms with Gasteiger partial charge in [-0.25, -0.2) is 0 Å². The van der Waals surface area contributed by atoms with Crippen molar-refractivity contribution in [3.05, 3.63) is 21.5 Å². The average Bonchev–Trinajstić information content (AvgIpc) is 2.47. The standard InChI is InChI=1S/C8H7IN2O/c1-2-3-10-8(12)7-4-6(9)5-11-7/h1,4-5,11H,3H2,(H,10,12). The number of hydrogen-bond donors (Lipinski definition) is 2. The molecule has 0 aliphatic rings. The Kier molecular flexibility index (Phi) is 3.17. The summed E-state index contributed by atoms with van der Waals surface area (Å²) in [4.78, 5) is 14.0. The zero-order valence-corrected chi connectivity index (χ0v) is 8.38. The van der Waals surface area contributed by atoms with E-state index in [-0.39, 0.29) is 12.5 Å². The van der Waals surface area contributed by atoms with E-state index in [0.29, 0.717) is 5.69 Å². The van der Waals surface area contributed by atoms with Crippen molar-refractivity contribution >= 4 is 28.5 Å². The van der Waals surface area contributed by atoms with E-state index in [1.54, 1.807) is 12.3 Å². The maximum absolute atomic E-state index is 11.2. The van der Waals surface area contributed by atoms with Crippen LogP contribution in [0.2, 0.25) is 0 Å². The van der Waals surface area contributed by atoms with Crippen LogP contribution in [-0.2, 0) is 0 Å². The molecule has 0 fully saturated rings. The number of aromatic amines is 1. The SMILES string of the molecule is C#CCNC(=O)c1cc(I)c[nH]1. The zero-order valence-electron chi connectivity index (χ0n) is 6.23. The number of rotatable bonds is 2. The van der Waals surface area contributed by atoms with Crippen molar-refractivity contribution < 1.29 is 4.79 Å². The highest BCUT2D eigenvalue weighted by Crippen LogP contribution is 2.05. The van der Waals surface area contributed by atoms with Crippen LogP contribution in [0.25, 0.3) is 0 Å². The van der Waals surface area contributed by atoms with E-state index in [1.807, 2.05) is 0 Å². The van der Waals surface area contributed by atoms with Crippen LogP contribution in [0.1, 0.15) is 10.5 Å². The largest absolute Gasteiger partial charge is 0.356 e. The highest BCUT2D eigenvalue weighted by molar-refractivity contribution is 14.1. The number of halogens is 1. The number of H-pyrrole nitrogens is 1. The molecule has 0 aliphatic carbocycles. The predicted molar refractivity (Wildman–Crippen MR) is 54.7 cm³/mol. The van der Waals surface area contributed by atoms with Crippen molar-refractivity contribution in [2.24, 2.45) is 0 Å². The highest BCUT2D eigenvalue weighted by atomic mass is 127. The summed E-state index contributed by atoms with van der Waals surface area (Å²) in [7, 11) is 0. The minimum atomic E-state index is -0.170. The smallest absolute Gasteiger partial charge is 0.268 e. The Morgan fingerprint density at radius 3 is 3.08 bits per heavy atom. The Morgan fingerprint density at radius 1 is 1.83 bits per heavy atom. The van der Waals surface area contributed by atoms with Gasteiger partial charge >= 0.3 is 0 Å². The van der Waals surface area contributed by atoms with Crippen molar-refractivity contribution in [3.63, 3.8) is 0 Å². The first-order valence-corrected chi connectivity index (χ1v) is 4.37. The van der Waals surface area contributed by atoms with Gasteiger partial charge in [-0.2, -0.15) is 0 Å². The van der Waals surface area contributed by atoms with Crippen LogP contribution in [-0.4, -0.2) is 17.4 Å². The summed E-state index contributed by atoms with van der Waals surface area (Å²) < 4.78 is 0.999. The molecule has 0 bridgehead atoms. The molecule has 0 aliphatic heterocycles. The van der Waals surface area contributed by atoms with Crippen LogP contribution < -0.4 is 5.32 Å². The molecule has 62 valence electrons. The first-order valence-electron chi connectivity index (χ1n) is 3.29. The van der Waals surface area contributed by atoms with E-state index < -0.39 is 0 Å². The lowest BCUT2D eigenvalue weighted by Crippen LogP contribution is -2.23. The lowest BCUT2D eigenvalue weighted by Gasteiger charge is -1.96. The molecule has 0 atom stereocenters. The van der Waals surface area contributed by atoms with E-state index >= 15 is 0 Å². The zero-order chi connectivity index (χ0) is 8.97. The Bertz CT molecular complexity index is 324. The minimum Gasteiger partial charge on any atom is -0.356 e. The minimum absolute atomic E-state index is 0.170. The first kappa shape index (κ1) is 9.13. The highest BCUT2D eigenvalue weighted by Gasteiger charge is 2.05. The summed E-state index contributed by atoms with van der Waals surface area (Å²) >= 11 is 2.12. The molecule has 0 spiro atoms. The summed E-state index contributed by atoms with van der Waals surface area (Å²) in [5.41, 5.74) is 0.537. The molecular weight excluding hydrogens is 267 g/mol. The molecule has 0 saturated heterocycles. The van der Waals surface area contributed by atoms with Crippen LogP contribution in [0.4, 0.5) is 0 Å². The van der Waals surface area contributed by atoms with Gasteiger partial charge in [-0.1, -0.05) is 5.92 Å². The molecule has 4 heteroatoms. The topological polar surface area (TPSA) is 44.9 Å². The van der Waals surface area contributed by atoms with E-state index in [2.05, 4.69) is 38.8 Å². The molecule has 2 N–H and O–H groups in total. The number of amides is 1. The molecule has 3 nitrogen and oxygen atoms in total. The molecular formula is C8H7IN2O. The molecule has 1 aromatic heterocycles. The summed E-state index contributed by atoms with van der Waals surface area (Å²) in [6.07, 6.45) is 6.74. The van der Waals surface area contributed by atoms with Crippen molar-refractivity contribution in [1.29, 1.82) is 0 Å². The number of terminal acetylenes is 1. The van der Waals surface area contributed by atoms with Crippen LogP contribution in [0.5, 0.6) is 0 Å². The van der Waals surface area contributed by atoms with E-state index in [0.717, 1.165) is 3.57 Å². The molecule has 0 unspecified atom stereocenters. The monoisotopic (exact) mass is 274 g/mol. The second-order valence-electron chi connectivity index (χ2n) is 2.12. The number of aromatic nitrogens is 1. The number of carbonyl (C=O) groups excluding carboxylic acids is 1. The molecule has 0 aromatic carbocycles. The van der Waals surface area contributed by atoms with Gasteiger partial charge in [0.25, 0.3) is 5.91 Å². The fraction of sp³-hybridized carbons (Fsp3) is 0.125. The maximum atomic E-state index is 11.2. The van der Waals surface area contributed by atoms with Gasteiger partial charge < -0.3 is 10.3 Å². The summed E-state index contributed by atoms with van der Waals surface area (Å²) in [5.74, 6) is 2.16. The van der Waals surface area contributed by atoms with Crippen molar-refractivity contribution in [2.75, 3.05) is 6.54 Å². The Hall–Kier alpha value is -0.960. The van der Waals surface area contributed by atoms with Crippen LogP contribution in [0.15, 0.2) is 12.3 Å². The number of carbonyl (C=O) groups is 1. The molecule has 0 radical (unpaired) electrons. The van der Waals surface area contributed by atoms with Crippen molar-refractivity contribution in [3.8, 4) is 12.3 Å². The number of hydrogen-bond acceptors (Lipinski definition) is 1. The predicted octanol–water partition coefficient (Wildman–Crippen LogP) is 0.982. The molecule has 0 saturated carbocycles. The Balaban J connectivity index is 2.61. The van der Waals surface area contributed by atoms with Gasteiger partial charge in [-0.15, -0.1) is 6.42 Å². The van der Waals surface area contributed by atoms with Crippen LogP contribution in [0, 0.1) is 15.9 Å². The fourth-order valence-electron chi connectivity index (χ4n) is 0.726. The lowest BCUT2D eigenvalue weighted by molar-refractivity contribution is 0.0954. The second-order valence-corrected chi connectivity index (χ2v) is 3.36. The van der Waals surface area contributed by atoms with Gasteiger partial charge in [0, 0.05) is 9.77 Å². The summed E-state index contributed by atoms with van der Waals surface area (Å²) in [5, 5.41) is 2.55. The molecule has 1 amide bonds. The Morgan fingerprint density at radius 2 is 2.58 bits per heavy atom. The van der Waals surface area contributed by atoms with Gasteiger partial charge in [-0.05, 0) is 28.7 Å². The third kappa shape index (κ3) is 2.27.